The van der Waals surface area contributed by atoms with E-state index in [1.165, 1.54) is 7.11 Å². The fourth-order valence-corrected chi connectivity index (χ4v) is 1.49. The zero-order valence-electron chi connectivity index (χ0n) is 9.43. The van der Waals surface area contributed by atoms with Gasteiger partial charge in [-0.1, -0.05) is 30.2 Å². The van der Waals surface area contributed by atoms with Gasteiger partial charge in [0.05, 0.1) is 7.11 Å². The number of methoxy groups -OCH3 is 1. The third-order valence-electron chi connectivity index (χ3n) is 2.34. The maximum atomic E-state index is 10.9. The molecule has 84 valence electrons. The van der Waals surface area contributed by atoms with Crippen molar-refractivity contribution in [1.82, 2.24) is 4.98 Å². The molecule has 0 atom stereocenters. The molecule has 0 aliphatic heterocycles. The Labute approximate surface area is 99.4 Å². The number of aromatic nitrogens is 1. The normalized spacial score (nSPS) is 9.47. The molecule has 0 spiro atoms. The second kappa shape index (κ2) is 5.13. The molecule has 0 saturated carbocycles. The third-order valence-corrected chi connectivity index (χ3v) is 2.34. The van der Waals surface area contributed by atoms with Gasteiger partial charge in [0.25, 0.3) is 0 Å². The maximum Gasteiger partial charge on any atom is 0.317 e. The lowest BCUT2D eigenvalue weighted by Gasteiger charge is -1.98. The summed E-state index contributed by atoms with van der Waals surface area (Å²) in [5, 5.41) is 2.08. The van der Waals surface area contributed by atoms with E-state index in [0.29, 0.717) is 5.69 Å². The first kappa shape index (κ1) is 11.2. The fourth-order valence-electron chi connectivity index (χ4n) is 1.49. The quantitative estimate of drug-likeness (QED) is 0.551. The molecule has 0 aliphatic carbocycles. The number of benzene rings is 1. The van der Waals surface area contributed by atoms with Crippen LogP contribution in [-0.2, 0) is 9.53 Å². The van der Waals surface area contributed by atoms with Crippen LogP contribution in [-0.4, -0.2) is 18.1 Å². The lowest BCUT2D eigenvalue weighted by molar-refractivity contribution is -0.139. The summed E-state index contributed by atoms with van der Waals surface area (Å²) in [6, 6.07) is 9.80. The molecule has 17 heavy (non-hydrogen) atoms. The van der Waals surface area contributed by atoms with Crippen LogP contribution in [0, 0.1) is 11.8 Å². The zero-order chi connectivity index (χ0) is 12.1. The smallest absolute Gasteiger partial charge is 0.317 e. The van der Waals surface area contributed by atoms with Gasteiger partial charge in [-0.25, -0.2) is 4.98 Å². The Morgan fingerprint density at radius 1 is 1.35 bits per heavy atom. The lowest BCUT2D eigenvalue weighted by atomic mass is 10.1. The van der Waals surface area contributed by atoms with E-state index >= 15 is 0 Å². The summed E-state index contributed by atoms with van der Waals surface area (Å²) in [5.74, 6) is 5.31. The first-order chi connectivity index (χ1) is 8.31. The molecule has 2 rings (SSSR count). The Morgan fingerprint density at radius 3 is 3.00 bits per heavy atom. The van der Waals surface area contributed by atoms with Gasteiger partial charge in [-0.05, 0) is 17.4 Å². The summed E-state index contributed by atoms with van der Waals surface area (Å²) in [6.07, 6.45) is 1.80. The van der Waals surface area contributed by atoms with Crippen molar-refractivity contribution >= 4 is 16.7 Å². The number of ether oxygens (including phenoxy) is 1. The predicted molar refractivity (Wildman–Crippen MR) is 65.3 cm³/mol. The largest absolute Gasteiger partial charge is 0.468 e. The molecule has 1 aromatic heterocycles. The van der Waals surface area contributed by atoms with Crippen molar-refractivity contribution in [2.24, 2.45) is 0 Å². The Balaban J connectivity index is 2.33. The summed E-state index contributed by atoms with van der Waals surface area (Å²) < 4.78 is 4.51. The van der Waals surface area contributed by atoms with Gasteiger partial charge in [0.1, 0.15) is 12.1 Å². The molecule has 3 heteroatoms. The minimum absolute atomic E-state index is 0.0847. The van der Waals surface area contributed by atoms with Crippen molar-refractivity contribution in [1.29, 1.82) is 0 Å². The van der Waals surface area contributed by atoms with E-state index in [4.69, 9.17) is 0 Å². The van der Waals surface area contributed by atoms with Crippen molar-refractivity contribution in [3.05, 3.63) is 42.2 Å². The third kappa shape index (κ3) is 2.61. The monoisotopic (exact) mass is 225 g/mol. The summed E-state index contributed by atoms with van der Waals surface area (Å²) in [6.45, 7) is 0. The van der Waals surface area contributed by atoms with Crippen LogP contribution in [0.1, 0.15) is 12.1 Å². The summed E-state index contributed by atoms with van der Waals surface area (Å²) in [5.41, 5.74) is 0.687. The van der Waals surface area contributed by atoms with Crippen LogP contribution in [0.2, 0.25) is 0 Å². The highest BCUT2D eigenvalue weighted by Crippen LogP contribution is 2.15. The highest BCUT2D eigenvalue weighted by molar-refractivity contribution is 5.86. The topological polar surface area (TPSA) is 39.2 Å². The van der Waals surface area contributed by atoms with E-state index < -0.39 is 0 Å². The molecule has 0 radical (unpaired) electrons. The van der Waals surface area contributed by atoms with E-state index in [0.717, 1.165) is 10.8 Å². The molecule has 3 nitrogen and oxygen atoms in total. The van der Waals surface area contributed by atoms with E-state index in [-0.39, 0.29) is 12.4 Å². The summed E-state index contributed by atoms with van der Waals surface area (Å²) >= 11 is 0. The molecule has 0 N–H and O–H groups in total. The second-order valence-electron chi connectivity index (χ2n) is 3.44. The van der Waals surface area contributed by atoms with Crippen LogP contribution in [0.3, 0.4) is 0 Å². The highest BCUT2D eigenvalue weighted by Gasteiger charge is 1.98. The van der Waals surface area contributed by atoms with Gasteiger partial charge in [0.2, 0.25) is 0 Å². The first-order valence-electron chi connectivity index (χ1n) is 5.20. The summed E-state index contributed by atoms with van der Waals surface area (Å²) in [4.78, 5) is 15.1. The van der Waals surface area contributed by atoms with Crippen molar-refractivity contribution in [2.75, 3.05) is 7.11 Å². The average Bonchev–Trinajstić information content (AvgIpc) is 2.39. The SMILES string of the molecule is COC(=O)CC#Cc1nccc2ccccc12. The van der Waals surface area contributed by atoms with Crippen LogP contribution in [0.4, 0.5) is 0 Å². The molecular formula is C14H11NO2. The number of nitrogens with zero attached hydrogens (tertiary/aromatic N) is 1. The highest BCUT2D eigenvalue weighted by atomic mass is 16.5. The molecule has 2 aromatic rings. The number of hydrogen-bond acceptors (Lipinski definition) is 3. The Hall–Kier alpha value is -2.34. The lowest BCUT2D eigenvalue weighted by Crippen LogP contribution is -1.97. The molecule has 0 fully saturated rings. The molecule has 1 aromatic carbocycles. The fraction of sp³-hybridized carbons (Fsp3) is 0.143. The number of rotatable bonds is 1. The number of esters is 1. The molecule has 0 unspecified atom stereocenters. The first-order valence-corrected chi connectivity index (χ1v) is 5.20. The van der Waals surface area contributed by atoms with E-state index in [9.17, 15) is 4.79 Å². The predicted octanol–water partition coefficient (Wildman–Crippen LogP) is 2.15. The minimum Gasteiger partial charge on any atom is -0.468 e. The molecular weight excluding hydrogens is 214 g/mol. The van der Waals surface area contributed by atoms with Crippen LogP contribution in [0.25, 0.3) is 10.8 Å². The molecule has 0 saturated heterocycles. The van der Waals surface area contributed by atoms with E-state index in [2.05, 4.69) is 21.6 Å². The number of pyridine rings is 1. The van der Waals surface area contributed by atoms with Crippen molar-refractivity contribution < 1.29 is 9.53 Å². The van der Waals surface area contributed by atoms with Crippen LogP contribution in [0.15, 0.2) is 36.5 Å². The van der Waals surface area contributed by atoms with Crippen molar-refractivity contribution in [3.63, 3.8) is 0 Å². The molecule has 1 heterocycles. The molecule has 0 amide bonds. The molecule has 0 bridgehead atoms. The summed E-state index contributed by atoms with van der Waals surface area (Å²) in [7, 11) is 1.35. The number of hydrogen-bond donors (Lipinski definition) is 0. The van der Waals surface area contributed by atoms with Gasteiger partial charge >= 0.3 is 5.97 Å². The van der Waals surface area contributed by atoms with Crippen molar-refractivity contribution in [2.45, 2.75) is 6.42 Å². The van der Waals surface area contributed by atoms with Crippen LogP contribution in [0.5, 0.6) is 0 Å². The number of fused-ring (bicyclic) bond motifs is 1. The maximum absolute atomic E-state index is 10.9. The Kier molecular flexibility index (Phi) is 3.37. The second-order valence-corrected chi connectivity index (χ2v) is 3.44. The molecule has 0 aliphatic rings. The van der Waals surface area contributed by atoms with E-state index in [1.807, 2.05) is 30.3 Å². The van der Waals surface area contributed by atoms with Crippen LogP contribution < -0.4 is 0 Å². The standard InChI is InChI=1S/C14H11NO2/c1-17-14(16)8-4-7-13-12-6-3-2-5-11(12)9-10-15-13/h2-3,5-6,9-10H,8H2,1H3. The minimum atomic E-state index is -0.335. The van der Waals surface area contributed by atoms with Crippen LogP contribution >= 0.6 is 0 Å². The van der Waals surface area contributed by atoms with Gasteiger partial charge in [-0.15, -0.1) is 0 Å². The number of carbonyl (C=O) groups is 1. The van der Waals surface area contributed by atoms with Gasteiger partial charge in [-0.2, -0.15) is 0 Å². The zero-order valence-corrected chi connectivity index (χ0v) is 9.43. The van der Waals surface area contributed by atoms with E-state index in [1.54, 1.807) is 6.20 Å². The van der Waals surface area contributed by atoms with Gasteiger partial charge in [-0.3, -0.25) is 4.79 Å². The van der Waals surface area contributed by atoms with Crippen molar-refractivity contribution in [3.8, 4) is 11.8 Å². The Bertz CT molecular complexity index is 603. The number of carbonyl (C=O) groups excluding carboxylic acids is 1. The Morgan fingerprint density at radius 2 is 2.18 bits per heavy atom. The van der Waals surface area contributed by atoms with Gasteiger partial charge < -0.3 is 4.74 Å². The van der Waals surface area contributed by atoms with Gasteiger partial charge in [0.15, 0.2) is 0 Å². The van der Waals surface area contributed by atoms with Gasteiger partial charge in [0, 0.05) is 11.6 Å². The average molecular weight is 225 g/mol.